The van der Waals surface area contributed by atoms with Gasteiger partial charge in [0.15, 0.2) is 5.78 Å². The second-order valence-electron chi connectivity index (χ2n) is 7.27. The molecule has 2 saturated carbocycles. The Bertz CT molecular complexity index is 760. The first kappa shape index (κ1) is 13.2. The standard InChI is InChI=1S/C19H17NO3/c1-9(21)10-3-2-4-11(7-10)20-18(22)16-12-5-6-13(15-8-14(12)15)17(16)19(20)23/h2-7,12-17H,8H2,1H3/t12-,13-,14-,15+,16-,17+/m1/s1. The predicted octanol–water partition coefficient (Wildman–Crippen LogP) is 2.45. The van der Waals surface area contributed by atoms with E-state index in [-0.39, 0.29) is 41.3 Å². The molecule has 4 heteroatoms. The first-order valence-corrected chi connectivity index (χ1v) is 8.25. The van der Waals surface area contributed by atoms with Gasteiger partial charge in [-0.15, -0.1) is 0 Å². The zero-order valence-electron chi connectivity index (χ0n) is 12.8. The van der Waals surface area contributed by atoms with Gasteiger partial charge < -0.3 is 0 Å². The summed E-state index contributed by atoms with van der Waals surface area (Å²) in [5.74, 6) is 1.06. The second kappa shape index (κ2) is 4.19. The lowest BCUT2D eigenvalue weighted by Gasteiger charge is -2.37. The first-order chi connectivity index (χ1) is 11.1. The van der Waals surface area contributed by atoms with Crippen molar-refractivity contribution in [1.82, 2.24) is 0 Å². The third kappa shape index (κ3) is 1.58. The maximum Gasteiger partial charge on any atom is 0.238 e. The topological polar surface area (TPSA) is 54.5 Å². The fourth-order valence-electron chi connectivity index (χ4n) is 5.08. The lowest BCUT2D eigenvalue weighted by Crippen LogP contribution is -2.40. The highest BCUT2D eigenvalue weighted by Gasteiger charge is 2.67. The molecular formula is C19H17NO3. The van der Waals surface area contributed by atoms with E-state index in [4.69, 9.17) is 0 Å². The van der Waals surface area contributed by atoms with E-state index in [1.165, 1.54) is 11.8 Å². The average Bonchev–Trinajstić information content (AvgIpc) is 3.32. The van der Waals surface area contributed by atoms with Crippen LogP contribution in [0.3, 0.4) is 0 Å². The molecule has 23 heavy (non-hydrogen) atoms. The minimum Gasteiger partial charge on any atom is -0.295 e. The van der Waals surface area contributed by atoms with Crippen LogP contribution in [0.4, 0.5) is 5.69 Å². The van der Waals surface area contributed by atoms with Crippen LogP contribution in [0.2, 0.25) is 0 Å². The fraction of sp³-hybridized carbons (Fsp3) is 0.421. The summed E-state index contributed by atoms with van der Waals surface area (Å²) in [4.78, 5) is 38.9. The van der Waals surface area contributed by atoms with Gasteiger partial charge in [-0.25, -0.2) is 4.90 Å². The number of carbonyl (C=O) groups is 3. The fourth-order valence-corrected chi connectivity index (χ4v) is 5.08. The summed E-state index contributed by atoms with van der Waals surface area (Å²) >= 11 is 0. The minimum absolute atomic E-state index is 0.0636. The van der Waals surface area contributed by atoms with E-state index in [0.29, 0.717) is 23.1 Å². The van der Waals surface area contributed by atoms with Crippen LogP contribution < -0.4 is 4.90 Å². The van der Waals surface area contributed by atoms with Crippen molar-refractivity contribution < 1.29 is 14.4 Å². The van der Waals surface area contributed by atoms with E-state index in [1.54, 1.807) is 24.3 Å². The Morgan fingerprint density at radius 2 is 1.65 bits per heavy atom. The van der Waals surface area contributed by atoms with Gasteiger partial charge in [0, 0.05) is 5.56 Å². The van der Waals surface area contributed by atoms with Gasteiger partial charge in [0.25, 0.3) is 0 Å². The second-order valence-corrected chi connectivity index (χ2v) is 7.27. The number of amides is 2. The molecule has 2 bridgehead atoms. The Hall–Kier alpha value is -2.23. The molecule has 5 aliphatic rings. The SMILES string of the molecule is CC(=O)c1cccc(N2C(=O)[C@@H]3[C@@H]4C=C[C@H]([C@@H]5C[C@H]45)[C@@H]3C2=O)c1. The number of nitrogens with zero attached hydrogens (tertiary/aromatic N) is 1. The van der Waals surface area contributed by atoms with E-state index in [9.17, 15) is 14.4 Å². The molecule has 1 aliphatic heterocycles. The number of ketones is 1. The molecule has 0 unspecified atom stereocenters. The highest BCUT2D eigenvalue weighted by molar-refractivity contribution is 6.23. The Balaban J connectivity index is 1.57. The van der Waals surface area contributed by atoms with Gasteiger partial charge in [-0.2, -0.15) is 0 Å². The van der Waals surface area contributed by atoms with E-state index in [1.807, 2.05) is 0 Å². The van der Waals surface area contributed by atoms with Gasteiger partial charge in [0.1, 0.15) is 0 Å². The van der Waals surface area contributed by atoms with Crippen LogP contribution in [0.1, 0.15) is 23.7 Å². The van der Waals surface area contributed by atoms with E-state index < -0.39 is 0 Å². The van der Waals surface area contributed by atoms with Gasteiger partial charge in [-0.05, 0) is 49.1 Å². The van der Waals surface area contributed by atoms with Crippen LogP contribution in [0, 0.1) is 35.5 Å². The molecule has 0 N–H and O–H groups in total. The Morgan fingerprint density at radius 1 is 1.04 bits per heavy atom. The molecule has 0 aromatic heterocycles. The van der Waals surface area contributed by atoms with Gasteiger partial charge in [-0.1, -0.05) is 24.3 Å². The molecule has 1 aromatic rings. The lowest BCUT2D eigenvalue weighted by molar-refractivity contribution is -0.124. The van der Waals surface area contributed by atoms with Crippen LogP contribution in [0.5, 0.6) is 0 Å². The average molecular weight is 307 g/mol. The normalized spacial score (nSPS) is 39.4. The predicted molar refractivity (Wildman–Crippen MR) is 83.6 cm³/mol. The number of rotatable bonds is 2. The Morgan fingerprint density at radius 3 is 2.22 bits per heavy atom. The summed E-state index contributed by atoms with van der Waals surface area (Å²) in [5.41, 5.74) is 1.07. The number of hydrogen-bond donors (Lipinski definition) is 0. The Labute approximate surface area is 134 Å². The number of hydrogen-bond acceptors (Lipinski definition) is 3. The van der Waals surface area contributed by atoms with E-state index in [2.05, 4.69) is 12.2 Å². The van der Waals surface area contributed by atoms with Crippen molar-refractivity contribution in [2.45, 2.75) is 13.3 Å². The quantitative estimate of drug-likeness (QED) is 0.479. The van der Waals surface area contributed by atoms with Crippen molar-refractivity contribution in [3.63, 3.8) is 0 Å². The van der Waals surface area contributed by atoms with Gasteiger partial charge >= 0.3 is 0 Å². The molecule has 1 saturated heterocycles. The van der Waals surface area contributed by atoms with Crippen LogP contribution >= 0.6 is 0 Å². The molecule has 4 nitrogen and oxygen atoms in total. The number of Topliss-reactive ketones (excluding diaryl/α,β-unsaturated/α-hetero) is 1. The number of anilines is 1. The number of allylic oxidation sites excluding steroid dienone is 2. The summed E-state index contributed by atoms with van der Waals surface area (Å²) in [5, 5.41) is 0. The molecule has 4 aliphatic carbocycles. The molecule has 1 aromatic carbocycles. The summed E-state index contributed by atoms with van der Waals surface area (Å²) in [6.07, 6.45) is 5.50. The third-order valence-electron chi connectivity index (χ3n) is 6.17. The van der Waals surface area contributed by atoms with Crippen molar-refractivity contribution in [1.29, 1.82) is 0 Å². The summed E-state index contributed by atoms with van der Waals surface area (Å²) in [7, 11) is 0. The molecule has 2 amide bonds. The van der Waals surface area contributed by atoms with Crippen molar-refractivity contribution in [2.75, 3.05) is 4.90 Å². The molecule has 1 heterocycles. The monoisotopic (exact) mass is 307 g/mol. The number of carbonyl (C=O) groups excluding carboxylic acids is 3. The van der Waals surface area contributed by atoms with E-state index in [0.717, 1.165) is 6.42 Å². The van der Waals surface area contributed by atoms with Crippen molar-refractivity contribution in [3.05, 3.63) is 42.0 Å². The molecule has 3 fully saturated rings. The largest absolute Gasteiger partial charge is 0.295 e. The summed E-state index contributed by atoms with van der Waals surface area (Å²) in [6, 6.07) is 6.85. The molecule has 0 spiro atoms. The van der Waals surface area contributed by atoms with Crippen LogP contribution in [0.15, 0.2) is 36.4 Å². The maximum absolute atomic E-state index is 13.0. The summed E-state index contributed by atoms with van der Waals surface area (Å²) in [6.45, 7) is 1.49. The summed E-state index contributed by atoms with van der Waals surface area (Å²) < 4.78 is 0. The molecule has 116 valence electrons. The van der Waals surface area contributed by atoms with Gasteiger partial charge in [-0.3, -0.25) is 14.4 Å². The van der Waals surface area contributed by atoms with Gasteiger partial charge in [0.05, 0.1) is 17.5 Å². The molecule has 0 radical (unpaired) electrons. The van der Waals surface area contributed by atoms with Crippen LogP contribution in [-0.4, -0.2) is 17.6 Å². The smallest absolute Gasteiger partial charge is 0.238 e. The minimum atomic E-state index is -0.192. The zero-order valence-corrected chi connectivity index (χ0v) is 12.8. The zero-order chi connectivity index (χ0) is 15.9. The third-order valence-corrected chi connectivity index (χ3v) is 6.17. The molecule has 6 atom stereocenters. The van der Waals surface area contributed by atoms with Gasteiger partial charge in [0.2, 0.25) is 11.8 Å². The van der Waals surface area contributed by atoms with Crippen molar-refractivity contribution in [3.8, 4) is 0 Å². The number of imide groups is 1. The van der Waals surface area contributed by atoms with E-state index >= 15 is 0 Å². The van der Waals surface area contributed by atoms with Crippen molar-refractivity contribution >= 4 is 23.3 Å². The molecule has 6 rings (SSSR count). The highest BCUT2D eigenvalue weighted by Crippen LogP contribution is 2.65. The van der Waals surface area contributed by atoms with Crippen LogP contribution in [-0.2, 0) is 9.59 Å². The molecular weight excluding hydrogens is 290 g/mol. The van der Waals surface area contributed by atoms with Crippen molar-refractivity contribution in [2.24, 2.45) is 35.5 Å². The first-order valence-electron chi connectivity index (χ1n) is 8.25. The van der Waals surface area contributed by atoms with Crippen LogP contribution in [0.25, 0.3) is 0 Å². The highest BCUT2D eigenvalue weighted by atomic mass is 16.2. The lowest BCUT2D eigenvalue weighted by atomic mass is 9.63. The maximum atomic E-state index is 13.0. The Kier molecular flexibility index (Phi) is 2.41. The number of benzene rings is 1.